The number of hydrogen-bond acceptors (Lipinski definition) is 3. The van der Waals surface area contributed by atoms with Crippen LogP contribution in [-0.2, 0) is 9.59 Å². The van der Waals surface area contributed by atoms with E-state index in [1.54, 1.807) is 39.2 Å². The lowest BCUT2D eigenvalue weighted by Crippen LogP contribution is -2.24. The summed E-state index contributed by atoms with van der Waals surface area (Å²) < 4.78 is 5.94. The number of carboxylic acids is 1. The highest BCUT2D eigenvalue weighted by Gasteiger charge is 2.25. The molecule has 1 aromatic rings. The number of carbonyl (C=O) groups is 2. The van der Waals surface area contributed by atoms with Crippen LogP contribution in [0, 0.1) is 5.41 Å². The molecule has 20 heavy (non-hydrogen) atoms. The molecule has 0 bridgehead atoms. The summed E-state index contributed by atoms with van der Waals surface area (Å²) >= 11 is 3.33. The molecular formula is C14H18BrNO4. The van der Waals surface area contributed by atoms with Crippen LogP contribution >= 0.6 is 15.9 Å². The van der Waals surface area contributed by atoms with E-state index >= 15 is 0 Å². The van der Waals surface area contributed by atoms with E-state index in [1.165, 1.54) is 0 Å². The van der Waals surface area contributed by atoms with Gasteiger partial charge in [0.05, 0.1) is 18.0 Å². The summed E-state index contributed by atoms with van der Waals surface area (Å²) in [6.45, 7) is 3.51. The van der Waals surface area contributed by atoms with E-state index in [2.05, 4.69) is 21.2 Å². The van der Waals surface area contributed by atoms with E-state index < -0.39 is 11.4 Å². The Labute approximate surface area is 126 Å². The van der Waals surface area contributed by atoms with Crippen LogP contribution in [0.15, 0.2) is 22.7 Å². The van der Waals surface area contributed by atoms with Gasteiger partial charge in [-0.05, 0) is 33.5 Å². The molecule has 0 saturated carbocycles. The minimum atomic E-state index is -0.909. The molecule has 0 radical (unpaired) electrons. The van der Waals surface area contributed by atoms with Gasteiger partial charge in [0.15, 0.2) is 0 Å². The van der Waals surface area contributed by atoms with Crippen molar-refractivity contribution in [3.05, 3.63) is 22.7 Å². The second-order valence-electron chi connectivity index (χ2n) is 5.31. The number of aliphatic carboxylic acids is 1. The number of carboxylic acid groups (broad SMARTS) is 1. The Balaban J connectivity index is 2.69. The number of benzene rings is 1. The highest BCUT2D eigenvalue weighted by Crippen LogP contribution is 2.29. The summed E-state index contributed by atoms with van der Waals surface area (Å²) in [5, 5.41) is 11.5. The van der Waals surface area contributed by atoms with Crippen molar-refractivity contribution < 1.29 is 19.4 Å². The molecular weight excluding hydrogens is 326 g/mol. The van der Waals surface area contributed by atoms with Crippen molar-refractivity contribution in [2.75, 3.05) is 12.4 Å². The Bertz CT molecular complexity index is 514. The van der Waals surface area contributed by atoms with Crippen molar-refractivity contribution in [3.8, 4) is 5.75 Å². The summed E-state index contributed by atoms with van der Waals surface area (Å²) in [5.41, 5.74) is 0.0243. The Morgan fingerprint density at radius 2 is 2.00 bits per heavy atom. The molecule has 0 aliphatic rings. The van der Waals surface area contributed by atoms with Crippen LogP contribution < -0.4 is 10.1 Å². The largest absolute Gasteiger partial charge is 0.495 e. The predicted molar refractivity (Wildman–Crippen MR) is 80.0 cm³/mol. The number of rotatable bonds is 6. The molecule has 0 heterocycles. The summed E-state index contributed by atoms with van der Waals surface area (Å²) in [6, 6.07) is 5.22. The first kappa shape index (κ1) is 16.5. The molecule has 0 fully saturated rings. The average Bonchev–Trinajstić information content (AvgIpc) is 2.28. The predicted octanol–water partition coefficient (Wildman–Crippen LogP) is 3.29. The van der Waals surface area contributed by atoms with Crippen LogP contribution in [0.25, 0.3) is 0 Å². The first-order valence-corrected chi connectivity index (χ1v) is 6.88. The Hall–Kier alpha value is -1.56. The topological polar surface area (TPSA) is 75.6 Å². The molecule has 1 rings (SSSR count). The van der Waals surface area contributed by atoms with E-state index in [9.17, 15) is 9.59 Å². The molecule has 0 aliphatic heterocycles. The van der Waals surface area contributed by atoms with Gasteiger partial charge in [-0.1, -0.05) is 13.8 Å². The van der Waals surface area contributed by atoms with Crippen molar-refractivity contribution >= 4 is 33.5 Å². The van der Waals surface area contributed by atoms with Gasteiger partial charge in [0.1, 0.15) is 5.75 Å². The number of nitrogens with one attached hydrogen (secondary N) is 1. The molecule has 0 spiro atoms. The van der Waals surface area contributed by atoms with E-state index in [0.717, 1.165) is 4.47 Å². The molecule has 0 aromatic heterocycles. The van der Waals surface area contributed by atoms with Crippen molar-refractivity contribution in [2.45, 2.75) is 26.7 Å². The van der Waals surface area contributed by atoms with Crippen molar-refractivity contribution in [1.29, 1.82) is 0 Å². The zero-order valence-electron chi connectivity index (χ0n) is 11.7. The number of anilines is 1. The molecule has 0 aliphatic carbocycles. The summed E-state index contributed by atoms with van der Waals surface area (Å²) in [7, 11) is 1.54. The lowest BCUT2D eigenvalue weighted by Gasteiger charge is -2.21. The number of amides is 1. The monoisotopic (exact) mass is 343 g/mol. The summed E-state index contributed by atoms with van der Waals surface area (Å²) in [4.78, 5) is 22.7. The van der Waals surface area contributed by atoms with Gasteiger partial charge in [-0.15, -0.1) is 0 Å². The van der Waals surface area contributed by atoms with Gasteiger partial charge in [-0.2, -0.15) is 0 Å². The smallest absolute Gasteiger partial charge is 0.303 e. The van der Waals surface area contributed by atoms with Crippen molar-refractivity contribution in [3.63, 3.8) is 0 Å². The normalized spacial score (nSPS) is 11.0. The number of halogens is 1. The molecule has 1 amide bonds. The van der Waals surface area contributed by atoms with Gasteiger partial charge >= 0.3 is 5.97 Å². The van der Waals surface area contributed by atoms with Crippen LogP contribution in [0.2, 0.25) is 0 Å². The standard InChI is InChI=1S/C14H18BrNO4/c1-14(2,8-13(18)19)7-12(17)16-9-4-5-10(15)11(6-9)20-3/h4-6H,7-8H2,1-3H3,(H,16,17)(H,18,19). The molecule has 110 valence electrons. The van der Waals surface area contributed by atoms with Crippen LogP contribution in [0.1, 0.15) is 26.7 Å². The van der Waals surface area contributed by atoms with Gasteiger partial charge in [-0.25, -0.2) is 0 Å². The number of carbonyl (C=O) groups excluding carboxylic acids is 1. The third-order valence-electron chi connectivity index (χ3n) is 2.70. The second-order valence-corrected chi connectivity index (χ2v) is 6.16. The minimum absolute atomic E-state index is 0.0515. The van der Waals surface area contributed by atoms with E-state index in [4.69, 9.17) is 9.84 Å². The average molecular weight is 344 g/mol. The second kappa shape index (κ2) is 6.74. The molecule has 1 aromatic carbocycles. The molecule has 0 atom stereocenters. The molecule has 0 saturated heterocycles. The van der Waals surface area contributed by atoms with Gasteiger partial charge < -0.3 is 15.2 Å². The van der Waals surface area contributed by atoms with Crippen LogP contribution in [0.4, 0.5) is 5.69 Å². The third-order valence-corrected chi connectivity index (χ3v) is 3.36. The first-order valence-electron chi connectivity index (χ1n) is 6.09. The highest BCUT2D eigenvalue weighted by atomic mass is 79.9. The fraction of sp³-hybridized carbons (Fsp3) is 0.429. The molecule has 2 N–H and O–H groups in total. The fourth-order valence-electron chi connectivity index (χ4n) is 1.85. The van der Waals surface area contributed by atoms with Gasteiger partial charge in [0.25, 0.3) is 0 Å². The number of ether oxygens (including phenoxy) is 1. The van der Waals surface area contributed by atoms with Crippen LogP contribution in [0.5, 0.6) is 5.75 Å². The summed E-state index contributed by atoms with van der Waals surface area (Å²) in [6.07, 6.45) is 0.0851. The van der Waals surface area contributed by atoms with Crippen molar-refractivity contribution in [2.24, 2.45) is 5.41 Å². The number of methoxy groups -OCH3 is 1. The summed E-state index contributed by atoms with van der Waals surface area (Å²) in [5.74, 6) is -0.513. The van der Waals surface area contributed by atoms with Gasteiger partial charge in [0, 0.05) is 18.2 Å². The highest BCUT2D eigenvalue weighted by molar-refractivity contribution is 9.10. The lowest BCUT2D eigenvalue weighted by atomic mass is 9.85. The van der Waals surface area contributed by atoms with Crippen LogP contribution in [-0.4, -0.2) is 24.1 Å². The molecule has 5 nitrogen and oxygen atoms in total. The maximum Gasteiger partial charge on any atom is 0.303 e. The quantitative estimate of drug-likeness (QED) is 0.830. The van der Waals surface area contributed by atoms with E-state index in [0.29, 0.717) is 11.4 Å². The zero-order valence-corrected chi connectivity index (χ0v) is 13.3. The fourth-order valence-corrected chi connectivity index (χ4v) is 2.26. The van der Waals surface area contributed by atoms with Crippen LogP contribution in [0.3, 0.4) is 0 Å². The van der Waals surface area contributed by atoms with Gasteiger partial charge in [0.2, 0.25) is 5.91 Å². The first-order chi connectivity index (χ1) is 9.23. The number of hydrogen-bond donors (Lipinski definition) is 2. The van der Waals surface area contributed by atoms with E-state index in [-0.39, 0.29) is 18.7 Å². The zero-order chi connectivity index (χ0) is 15.3. The maximum atomic E-state index is 11.9. The molecule has 6 heteroatoms. The van der Waals surface area contributed by atoms with Gasteiger partial charge in [-0.3, -0.25) is 9.59 Å². The Morgan fingerprint density at radius 3 is 2.55 bits per heavy atom. The van der Waals surface area contributed by atoms with Crippen molar-refractivity contribution in [1.82, 2.24) is 0 Å². The maximum absolute atomic E-state index is 11.9. The Morgan fingerprint density at radius 1 is 1.35 bits per heavy atom. The molecule has 0 unspecified atom stereocenters. The SMILES string of the molecule is COc1cc(NC(=O)CC(C)(C)CC(=O)O)ccc1Br. The third kappa shape index (κ3) is 5.21. The lowest BCUT2D eigenvalue weighted by molar-refractivity contribution is -0.139. The Kier molecular flexibility index (Phi) is 5.56. The van der Waals surface area contributed by atoms with E-state index in [1.807, 2.05) is 0 Å². The minimum Gasteiger partial charge on any atom is -0.495 e.